The number of ether oxygens (including phenoxy) is 3. The van der Waals surface area contributed by atoms with Gasteiger partial charge in [0.25, 0.3) is 5.91 Å². The summed E-state index contributed by atoms with van der Waals surface area (Å²) in [5.41, 5.74) is 3.61. The number of phenols is 1. The van der Waals surface area contributed by atoms with E-state index in [4.69, 9.17) is 14.6 Å². The average Bonchev–Trinajstić information content (AvgIpc) is 1.73. The summed E-state index contributed by atoms with van der Waals surface area (Å²) in [5.74, 6) is -9.40. The standard InChI is InChI=1S/C60H76N6O16.C5H12O3/c1-6-7-8-25-82-43-23-19-38(20-24-43)36-11-9-35(10-12-36)37-13-15-40(16-14-37)55(76)62-45-28-47(71)32(3)61-58(79)51-52(73)31(2)29-66(51)60(81)50(34(5)68)63-56(77)44(54(75)53(74)39-17-21-41(69)22-18-39)27-48(72)46-26-42(70)30-65(46)59(80)49(33(4)67)64-57(45)78;1-7-4-5-8-3-2-6/h9-24,31-34,42,44-47,49-54,67-71,73-75H,6-8,25-30H2,1-5H3,(H,61,79)(H,62,76)(H,63,77)(H,64,78);6H,2-5H2,1H3/t31-,32+,33+,34+,42+,44?,45-,46?,47+,49?,50?,51?,52-,53-,54-;/m0./s1. The van der Waals surface area contributed by atoms with E-state index in [-0.39, 0.29) is 30.0 Å². The van der Waals surface area contributed by atoms with Gasteiger partial charge in [-0.15, -0.1) is 0 Å². The number of hydrogen-bond acceptors (Lipinski definition) is 19. The second kappa shape index (κ2) is 34.1. The van der Waals surface area contributed by atoms with E-state index in [1.165, 1.54) is 50.2 Å². The number of benzene rings is 4. The van der Waals surface area contributed by atoms with Gasteiger partial charge in [-0.3, -0.25) is 33.6 Å². The predicted molar refractivity (Wildman–Crippen MR) is 328 cm³/mol. The average molecular weight is 1260 g/mol. The molecule has 15 atom stereocenters. The summed E-state index contributed by atoms with van der Waals surface area (Å²) in [5, 5.41) is 107. The SMILES string of the molecule is CCCCCOc1ccc(-c2ccc(-c3ccc(C(=O)N[C@H]4C[C@@H](O)[C@@H](C)NC(=O)C5[C@@H](O)[C@@H](C)CN5C(=O)C([C@@H](C)O)NC(=O)C([C@H](O)[C@@H](O)c5ccc(O)cc5)CC(=O)C5C[C@@H](O)CN5C(=O)C([C@@H](C)O)NC4=O)cc3)cc2)cc1.COCCOCCO. The van der Waals surface area contributed by atoms with E-state index < -0.39 is 158 Å². The third-order valence-corrected chi connectivity index (χ3v) is 16.3. The van der Waals surface area contributed by atoms with Crippen molar-refractivity contribution in [3.63, 3.8) is 0 Å². The fraction of sp³-hybridized carbons (Fsp3) is 0.523. The third kappa shape index (κ3) is 19.1. The monoisotopic (exact) mass is 1260 g/mol. The highest BCUT2D eigenvalue weighted by Crippen LogP contribution is 2.32. The first kappa shape index (κ1) is 71.6. The molecule has 3 fully saturated rings. The van der Waals surface area contributed by atoms with Crippen molar-refractivity contribution in [1.82, 2.24) is 31.1 Å². The minimum Gasteiger partial charge on any atom is -0.508 e. The molecule has 3 heterocycles. The maximum atomic E-state index is 14.5. The second-order valence-electron chi connectivity index (χ2n) is 23.2. The first-order valence-electron chi connectivity index (χ1n) is 30.4. The van der Waals surface area contributed by atoms with E-state index in [1.54, 1.807) is 19.2 Å². The van der Waals surface area contributed by atoms with Gasteiger partial charge in [-0.05, 0) is 91.4 Å². The fourth-order valence-corrected chi connectivity index (χ4v) is 11.0. The van der Waals surface area contributed by atoms with E-state index in [0.29, 0.717) is 26.4 Å². The lowest BCUT2D eigenvalue weighted by Crippen LogP contribution is -2.61. The number of amides is 6. The van der Waals surface area contributed by atoms with Crippen molar-refractivity contribution in [1.29, 1.82) is 0 Å². The van der Waals surface area contributed by atoms with Crippen molar-refractivity contribution >= 4 is 41.2 Å². The van der Waals surface area contributed by atoms with E-state index in [0.717, 1.165) is 70.9 Å². The molecular formula is C65H88N6O19. The van der Waals surface area contributed by atoms with Crippen LogP contribution in [0.15, 0.2) is 97.1 Å². The number of fused-ring (bicyclic) bond motifs is 2. The molecule has 3 aliphatic heterocycles. The van der Waals surface area contributed by atoms with Crippen molar-refractivity contribution < 1.29 is 93.7 Å². The van der Waals surface area contributed by atoms with Gasteiger partial charge in [-0.25, -0.2) is 0 Å². The normalized spacial score (nSPS) is 26.0. The van der Waals surface area contributed by atoms with Crippen LogP contribution in [0.5, 0.6) is 11.5 Å². The number of unbranched alkanes of at least 4 members (excludes halogenated alkanes) is 2. The molecule has 3 aliphatic rings. The van der Waals surface area contributed by atoms with E-state index >= 15 is 0 Å². The molecule has 0 radical (unpaired) electrons. The molecule has 4 aromatic rings. The first-order valence-corrected chi connectivity index (χ1v) is 30.4. The largest absolute Gasteiger partial charge is 0.508 e. The Morgan fingerprint density at radius 3 is 1.78 bits per heavy atom. The van der Waals surface area contributed by atoms with Gasteiger partial charge in [0, 0.05) is 50.9 Å². The maximum Gasteiger partial charge on any atom is 0.251 e. The summed E-state index contributed by atoms with van der Waals surface area (Å²) in [6.07, 6.45) is -10.9. The Hall–Kier alpha value is -7.43. The molecule has 25 nitrogen and oxygen atoms in total. The molecular weight excluding hydrogens is 1170 g/mol. The zero-order valence-corrected chi connectivity index (χ0v) is 51.6. The van der Waals surface area contributed by atoms with Crippen LogP contribution in [0.4, 0.5) is 0 Å². The number of nitrogens with zero attached hydrogens (tertiary/aromatic N) is 2. The minimum absolute atomic E-state index is 0.0141. The summed E-state index contributed by atoms with van der Waals surface area (Å²) in [6.45, 7) is 8.86. The number of hydrogen-bond donors (Lipinski definition) is 13. The van der Waals surface area contributed by atoms with Gasteiger partial charge in [-0.1, -0.05) is 87.4 Å². The van der Waals surface area contributed by atoms with Gasteiger partial charge in [0.15, 0.2) is 5.78 Å². The highest BCUT2D eigenvalue weighted by Gasteiger charge is 2.50. The predicted octanol–water partition coefficient (Wildman–Crippen LogP) is 0.875. The molecule has 0 aromatic heterocycles. The summed E-state index contributed by atoms with van der Waals surface area (Å²) in [4.78, 5) is 103. The molecule has 25 heteroatoms. The number of Topliss-reactive ketones (excluding diaryl/α,β-unsaturated/α-hetero) is 1. The van der Waals surface area contributed by atoms with Crippen LogP contribution < -0.4 is 26.0 Å². The molecule has 7 rings (SSSR count). The number of aromatic hydroxyl groups is 1. The molecule has 492 valence electrons. The highest BCUT2D eigenvalue weighted by atomic mass is 16.5. The van der Waals surface area contributed by atoms with Gasteiger partial charge >= 0.3 is 0 Å². The molecule has 4 aromatic carbocycles. The topological polar surface area (TPSA) is 384 Å². The Morgan fingerprint density at radius 1 is 0.667 bits per heavy atom. The van der Waals surface area contributed by atoms with Crippen molar-refractivity contribution in [2.75, 3.05) is 53.2 Å². The smallest absolute Gasteiger partial charge is 0.251 e. The first-order chi connectivity index (χ1) is 42.9. The molecule has 0 spiro atoms. The molecule has 90 heavy (non-hydrogen) atoms. The lowest BCUT2D eigenvalue weighted by molar-refractivity contribution is -0.148. The summed E-state index contributed by atoms with van der Waals surface area (Å²) < 4.78 is 15.4. The lowest BCUT2D eigenvalue weighted by atomic mass is 9.86. The van der Waals surface area contributed by atoms with Crippen molar-refractivity contribution in [3.05, 3.63) is 108 Å². The number of aliphatic hydroxyl groups is 8. The van der Waals surface area contributed by atoms with Crippen LogP contribution in [-0.2, 0) is 38.2 Å². The Balaban J connectivity index is 0.00000150. The van der Waals surface area contributed by atoms with Gasteiger partial charge in [0.1, 0.15) is 41.8 Å². The van der Waals surface area contributed by atoms with Gasteiger partial charge in [-0.2, -0.15) is 0 Å². The number of carbonyl (C=O) groups excluding carboxylic acids is 7. The number of carbonyl (C=O) groups is 7. The Morgan fingerprint density at radius 2 is 1.22 bits per heavy atom. The number of aliphatic hydroxyl groups excluding tert-OH is 8. The van der Waals surface area contributed by atoms with Crippen LogP contribution in [0, 0.1) is 11.8 Å². The zero-order chi connectivity index (χ0) is 65.9. The molecule has 5 unspecified atom stereocenters. The van der Waals surface area contributed by atoms with Crippen molar-refractivity contribution in [3.8, 4) is 33.8 Å². The number of nitrogens with one attached hydrogen (secondary N) is 4. The zero-order valence-electron chi connectivity index (χ0n) is 51.6. The molecule has 6 amide bonds. The third-order valence-electron chi connectivity index (χ3n) is 16.3. The van der Waals surface area contributed by atoms with Crippen molar-refractivity contribution in [2.24, 2.45) is 11.8 Å². The Bertz CT molecular complexity index is 2980. The second-order valence-corrected chi connectivity index (χ2v) is 23.2. The van der Waals surface area contributed by atoms with Crippen LogP contribution in [-0.4, -0.2) is 223 Å². The molecule has 0 saturated carbocycles. The summed E-state index contributed by atoms with van der Waals surface area (Å²) in [7, 11) is 1.61. The van der Waals surface area contributed by atoms with Crippen LogP contribution in [0.2, 0.25) is 0 Å². The molecule has 0 aliphatic carbocycles. The van der Waals surface area contributed by atoms with Gasteiger partial charge in [0.05, 0.1) is 87.7 Å². The molecule has 13 N–H and O–H groups in total. The minimum atomic E-state index is -2.15. The van der Waals surface area contributed by atoms with Crippen LogP contribution >= 0.6 is 0 Å². The maximum absolute atomic E-state index is 14.5. The Labute approximate surface area is 523 Å². The van der Waals surface area contributed by atoms with Crippen LogP contribution in [0.3, 0.4) is 0 Å². The summed E-state index contributed by atoms with van der Waals surface area (Å²) >= 11 is 0. The van der Waals surface area contributed by atoms with E-state index in [2.05, 4.69) is 32.9 Å². The highest BCUT2D eigenvalue weighted by molar-refractivity contribution is 6.00. The van der Waals surface area contributed by atoms with Crippen LogP contribution in [0.1, 0.15) is 95.2 Å². The van der Waals surface area contributed by atoms with Crippen LogP contribution in [0.25, 0.3) is 22.3 Å². The van der Waals surface area contributed by atoms with Gasteiger partial charge in [0.2, 0.25) is 29.5 Å². The number of phenolic OH excluding ortho intramolecular Hbond substituents is 1. The van der Waals surface area contributed by atoms with Crippen molar-refractivity contribution in [2.45, 2.75) is 152 Å². The molecule has 3 saturated heterocycles. The molecule has 0 bridgehead atoms. The van der Waals surface area contributed by atoms with E-state index in [9.17, 15) is 74.4 Å². The fourth-order valence-electron chi connectivity index (χ4n) is 11.0. The number of methoxy groups -OCH3 is 1. The number of ketones is 1. The van der Waals surface area contributed by atoms with E-state index in [1.807, 2.05) is 48.5 Å². The summed E-state index contributed by atoms with van der Waals surface area (Å²) in [6, 6.07) is 16.9. The van der Waals surface area contributed by atoms with Gasteiger partial charge < -0.3 is 91.2 Å². The Kier molecular flexibility index (Phi) is 27.2. The quantitative estimate of drug-likeness (QED) is 0.0579. The lowest BCUT2D eigenvalue weighted by Gasteiger charge is -2.33. The number of rotatable bonds is 19.